The van der Waals surface area contributed by atoms with Gasteiger partial charge in [0.1, 0.15) is 5.75 Å². The molecular weight excluding hydrogens is 204 g/mol. The molecule has 1 aromatic carbocycles. The zero-order chi connectivity index (χ0) is 12.1. The molecule has 0 saturated heterocycles. The second-order valence-corrected chi connectivity index (χ2v) is 3.56. The molecule has 0 aliphatic heterocycles. The van der Waals surface area contributed by atoms with Crippen LogP contribution in [0.5, 0.6) is 5.75 Å². The van der Waals surface area contributed by atoms with E-state index in [-0.39, 0.29) is 0 Å². The SMILES string of the molecule is COc1c(C)cc(CNC(=O)C#N)cc1C. The van der Waals surface area contributed by atoms with Crippen molar-refractivity contribution >= 4 is 5.91 Å². The van der Waals surface area contributed by atoms with Gasteiger partial charge in [0.05, 0.1) is 7.11 Å². The number of nitriles is 1. The lowest BCUT2D eigenvalue weighted by Crippen LogP contribution is -2.20. The fourth-order valence-electron chi connectivity index (χ4n) is 1.69. The first-order chi connectivity index (χ1) is 7.58. The minimum absolute atomic E-state index is 0.359. The summed E-state index contributed by atoms with van der Waals surface area (Å²) in [7, 11) is 1.63. The molecule has 0 radical (unpaired) electrons. The molecule has 84 valence electrons. The Morgan fingerprint density at radius 3 is 2.44 bits per heavy atom. The minimum atomic E-state index is -0.619. The van der Waals surface area contributed by atoms with Crippen LogP contribution in [0.1, 0.15) is 16.7 Å². The largest absolute Gasteiger partial charge is 0.496 e. The molecule has 0 fully saturated rings. The van der Waals surface area contributed by atoms with E-state index >= 15 is 0 Å². The summed E-state index contributed by atoms with van der Waals surface area (Å²) in [6, 6.07) is 5.38. The van der Waals surface area contributed by atoms with Crippen LogP contribution in [0, 0.1) is 25.2 Å². The van der Waals surface area contributed by atoms with E-state index in [9.17, 15) is 4.79 Å². The standard InChI is InChI=1S/C12H14N2O2/c1-8-4-10(7-14-11(15)6-13)5-9(2)12(8)16-3/h4-5H,7H2,1-3H3,(H,14,15). The number of benzene rings is 1. The van der Waals surface area contributed by atoms with E-state index in [0.29, 0.717) is 6.54 Å². The van der Waals surface area contributed by atoms with E-state index < -0.39 is 5.91 Å². The Morgan fingerprint density at radius 2 is 2.00 bits per heavy atom. The molecule has 4 heteroatoms. The van der Waals surface area contributed by atoms with Gasteiger partial charge in [-0.25, -0.2) is 0 Å². The third-order valence-corrected chi connectivity index (χ3v) is 2.28. The van der Waals surface area contributed by atoms with Gasteiger partial charge in [0, 0.05) is 6.54 Å². The second-order valence-electron chi connectivity index (χ2n) is 3.56. The van der Waals surface area contributed by atoms with Gasteiger partial charge in [0.2, 0.25) is 0 Å². The van der Waals surface area contributed by atoms with Crippen LogP contribution in [0.4, 0.5) is 0 Å². The first kappa shape index (κ1) is 12.1. The van der Waals surface area contributed by atoms with E-state index in [4.69, 9.17) is 10.00 Å². The average molecular weight is 218 g/mol. The van der Waals surface area contributed by atoms with Crippen LogP contribution in [0.3, 0.4) is 0 Å². The molecule has 0 aliphatic carbocycles. The minimum Gasteiger partial charge on any atom is -0.496 e. The highest BCUT2D eigenvalue weighted by Crippen LogP contribution is 2.24. The Balaban J connectivity index is 2.84. The highest BCUT2D eigenvalue weighted by Gasteiger charge is 2.06. The molecule has 0 aromatic heterocycles. The topological polar surface area (TPSA) is 62.1 Å². The monoisotopic (exact) mass is 218 g/mol. The maximum Gasteiger partial charge on any atom is 0.322 e. The zero-order valence-corrected chi connectivity index (χ0v) is 9.63. The summed E-state index contributed by atoms with van der Waals surface area (Å²) in [4.78, 5) is 10.8. The van der Waals surface area contributed by atoms with E-state index in [0.717, 1.165) is 22.4 Å². The van der Waals surface area contributed by atoms with Crippen LogP contribution in [-0.2, 0) is 11.3 Å². The molecule has 1 amide bonds. The Morgan fingerprint density at radius 1 is 1.44 bits per heavy atom. The van der Waals surface area contributed by atoms with Crippen molar-refractivity contribution in [3.8, 4) is 11.8 Å². The predicted octanol–water partition coefficient (Wildman–Crippen LogP) is 1.45. The summed E-state index contributed by atoms with van der Waals surface area (Å²) in [5, 5.41) is 10.8. The van der Waals surface area contributed by atoms with Gasteiger partial charge in [-0.2, -0.15) is 5.26 Å². The van der Waals surface area contributed by atoms with Gasteiger partial charge >= 0.3 is 5.91 Å². The Kier molecular flexibility index (Phi) is 3.90. The number of rotatable bonds is 3. The third kappa shape index (κ3) is 2.74. The summed E-state index contributed by atoms with van der Waals surface area (Å²) in [6.45, 7) is 4.25. The van der Waals surface area contributed by atoms with Gasteiger partial charge in [-0.05, 0) is 30.5 Å². The highest BCUT2D eigenvalue weighted by molar-refractivity contribution is 5.91. The molecule has 1 N–H and O–H groups in total. The molecule has 0 atom stereocenters. The molecule has 16 heavy (non-hydrogen) atoms. The lowest BCUT2D eigenvalue weighted by atomic mass is 10.1. The fraction of sp³-hybridized carbons (Fsp3) is 0.333. The summed E-state index contributed by atoms with van der Waals surface area (Å²) in [5.74, 6) is 0.237. The Hall–Kier alpha value is -2.02. The number of ether oxygens (including phenoxy) is 1. The lowest BCUT2D eigenvalue weighted by molar-refractivity contribution is -0.116. The highest BCUT2D eigenvalue weighted by atomic mass is 16.5. The number of methoxy groups -OCH3 is 1. The van der Waals surface area contributed by atoms with E-state index in [1.54, 1.807) is 7.11 Å². The summed E-state index contributed by atoms with van der Waals surface area (Å²) >= 11 is 0. The van der Waals surface area contributed by atoms with Gasteiger partial charge in [-0.1, -0.05) is 12.1 Å². The van der Waals surface area contributed by atoms with Crippen molar-refractivity contribution in [2.24, 2.45) is 0 Å². The summed E-state index contributed by atoms with van der Waals surface area (Å²) < 4.78 is 5.24. The van der Waals surface area contributed by atoms with E-state index in [1.807, 2.05) is 26.0 Å². The average Bonchev–Trinajstić information content (AvgIpc) is 2.25. The predicted molar refractivity (Wildman–Crippen MR) is 59.9 cm³/mol. The van der Waals surface area contributed by atoms with Crippen LogP contribution in [0.15, 0.2) is 12.1 Å². The van der Waals surface area contributed by atoms with Gasteiger partial charge in [-0.3, -0.25) is 4.79 Å². The van der Waals surface area contributed by atoms with E-state index in [2.05, 4.69) is 5.32 Å². The Labute approximate surface area is 94.8 Å². The number of nitrogens with one attached hydrogen (secondary N) is 1. The van der Waals surface area contributed by atoms with Crippen LogP contribution in [-0.4, -0.2) is 13.0 Å². The molecule has 0 spiro atoms. The molecule has 1 rings (SSSR count). The van der Waals surface area contributed by atoms with Gasteiger partial charge in [-0.15, -0.1) is 0 Å². The fourth-order valence-corrected chi connectivity index (χ4v) is 1.69. The molecule has 0 heterocycles. The van der Waals surface area contributed by atoms with Crippen LogP contribution < -0.4 is 10.1 Å². The number of carbonyl (C=O) groups excluding carboxylic acids is 1. The number of amides is 1. The van der Waals surface area contributed by atoms with Gasteiger partial charge in [0.15, 0.2) is 6.07 Å². The van der Waals surface area contributed by atoms with Crippen LogP contribution >= 0.6 is 0 Å². The number of aryl methyl sites for hydroxylation is 2. The van der Waals surface area contributed by atoms with Crippen molar-refractivity contribution < 1.29 is 9.53 Å². The summed E-state index contributed by atoms with van der Waals surface area (Å²) in [6.07, 6.45) is 0. The van der Waals surface area contributed by atoms with Crippen LogP contribution in [0.2, 0.25) is 0 Å². The maximum atomic E-state index is 10.8. The van der Waals surface area contributed by atoms with Crippen molar-refractivity contribution in [1.29, 1.82) is 5.26 Å². The molecular formula is C12H14N2O2. The van der Waals surface area contributed by atoms with Crippen LogP contribution in [0.25, 0.3) is 0 Å². The van der Waals surface area contributed by atoms with Crippen molar-refractivity contribution in [1.82, 2.24) is 5.32 Å². The zero-order valence-electron chi connectivity index (χ0n) is 9.63. The summed E-state index contributed by atoms with van der Waals surface area (Å²) in [5.41, 5.74) is 2.99. The molecule has 0 saturated carbocycles. The normalized spacial score (nSPS) is 9.38. The van der Waals surface area contributed by atoms with Crippen molar-refractivity contribution in [2.45, 2.75) is 20.4 Å². The molecule has 1 aromatic rings. The Bertz CT molecular complexity index is 424. The number of hydrogen-bond acceptors (Lipinski definition) is 3. The van der Waals surface area contributed by atoms with Gasteiger partial charge < -0.3 is 10.1 Å². The number of nitrogens with zero attached hydrogens (tertiary/aromatic N) is 1. The molecule has 0 bridgehead atoms. The number of carbonyl (C=O) groups is 1. The second kappa shape index (κ2) is 5.17. The number of hydrogen-bond donors (Lipinski definition) is 1. The quantitative estimate of drug-likeness (QED) is 0.781. The smallest absolute Gasteiger partial charge is 0.322 e. The van der Waals surface area contributed by atoms with E-state index in [1.165, 1.54) is 6.07 Å². The lowest BCUT2D eigenvalue weighted by Gasteiger charge is -2.11. The third-order valence-electron chi connectivity index (χ3n) is 2.28. The molecule has 0 aliphatic rings. The maximum absolute atomic E-state index is 10.8. The van der Waals surface area contributed by atoms with Crippen molar-refractivity contribution in [3.05, 3.63) is 28.8 Å². The van der Waals surface area contributed by atoms with Crippen molar-refractivity contribution in [2.75, 3.05) is 7.11 Å². The van der Waals surface area contributed by atoms with Gasteiger partial charge in [0.25, 0.3) is 0 Å². The first-order valence-corrected chi connectivity index (χ1v) is 4.90. The molecule has 0 unspecified atom stereocenters. The molecule has 4 nitrogen and oxygen atoms in total. The van der Waals surface area contributed by atoms with Crippen molar-refractivity contribution in [3.63, 3.8) is 0 Å². The first-order valence-electron chi connectivity index (χ1n) is 4.90.